The van der Waals surface area contributed by atoms with E-state index < -0.39 is 5.92 Å². The summed E-state index contributed by atoms with van der Waals surface area (Å²) in [5, 5.41) is 15.6. The van der Waals surface area contributed by atoms with Gasteiger partial charge in [-0.05, 0) is 11.6 Å². The molecule has 1 amide bonds. The average molecular weight is 422 g/mol. The summed E-state index contributed by atoms with van der Waals surface area (Å²) >= 11 is 0. The molecule has 2 heterocycles. The molecule has 2 aromatic carbocycles. The highest BCUT2D eigenvalue weighted by atomic mass is 16.6. The molecular formula is C23H26N4O4. The van der Waals surface area contributed by atoms with E-state index in [0.29, 0.717) is 25.3 Å². The van der Waals surface area contributed by atoms with Crippen LogP contribution in [-0.4, -0.2) is 60.1 Å². The molecule has 162 valence electrons. The fourth-order valence-electron chi connectivity index (χ4n) is 4.15. The van der Waals surface area contributed by atoms with E-state index in [1.807, 2.05) is 30.5 Å². The Bertz CT molecular complexity index is 1060. The maximum Gasteiger partial charge on any atom is 0.273 e. The third-order valence-electron chi connectivity index (χ3n) is 5.75. The standard InChI is InChI=1S/C23H26N4O4/c28-23(24-9-10-26-11-13-31-14-12-26)15-19(18-6-2-4-8-22(18)27(29)30)20-16-25-21-7-3-1-5-17(20)21/h1-8,16,19,25H,9-15H2,(H,24,28). The first-order chi connectivity index (χ1) is 15.1. The van der Waals surface area contributed by atoms with Gasteiger partial charge in [0.05, 0.1) is 18.1 Å². The van der Waals surface area contributed by atoms with Crippen molar-refractivity contribution in [2.45, 2.75) is 12.3 Å². The highest BCUT2D eigenvalue weighted by Gasteiger charge is 2.27. The van der Waals surface area contributed by atoms with Crippen molar-refractivity contribution in [3.05, 3.63) is 76.0 Å². The molecule has 0 saturated carbocycles. The van der Waals surface area contributed by atoms with Crippen molar-refractivity contribution in [3.8, 4) is 0 Å². The summed E-state index contributed by atoms with van der Waals surface area (Å²) in [7, 11) is 0. The van der Waals surface area contributed by atoms with Crippen molar-refractivity contribution in [2.24, 2.45) is 0 Å². The number of hydrogen-bond donors (Lipinski definition) is 2. The van der Waals surface area contributed by atoms with Crippen LogP contribution in [0.4, 0.5) is 5.69 Å². The molecule has 1 unspecified atom stereocenters. The Morgan fingerprint density at radius 3 is 2.68 bits per heavy atom. The van der Waals surface area contributed by atoms with E-state index in [4.69, 9.17) is 4.74 Å². The molecule has 1 fully saturated rings. The molecule has 1 atom stereocenters. The Balaban J connectivity index is 1.56. The molecule has 0 spiro atoms. The molecule has 3 aromatic rings. The number of morpholine rings is 1. The number of nitrogens with one attached hydrogen (secondary N) is 2. The molecular weight excluding hydrogens is 396 g/mol. The summed E-state index contributed by atoms with van der Waals surface area (Å²) in [5.41, 5.74) is 2.39. The summed E-state index contributed by atoms with van der Waals surface area (Å²) in [6.45, 7) is 4.46. The number of ether oxygens (including phenoxy) is 1. The van der Waals surface area contributed by atoms with Gasteiger partial charge in [-0.1, -0.05) is 36.4 Å². The Hall–Kier alpha value is -3.23. The van der Waals surface area contributed by atoms with Crippen molar-refractivity contribution in [1.29, 1.82) is 0 Å². The highest BCUT2D eigenvalue weighted by Crippen LogP contribution is 2.37. The van der Waals surface area contributed by atoms with E-state index >= 15 is 0 Å². The van der Waals surface area contributed by atoms with E-state index in [0.717, 1.165) is 36.1 Å². The smallest absolute Gasteiger partial charge is 0.273 e. The Kier molecular flexibility index (Phi) is 6.59. The summed E-state index contributed by atoms with van der Waals surface area (Å²) in [6, 6.07) is 14.5. The van der Waals surface area contributed by atoms with Crippen LogP contribution in [0, 0.1) is 10.1 Å². The van der Waals surface area contributed by atoms with Gasteiger partial charge in [0.25, 0.3) is 5.69 Å². The van der Waals surface area contributed by atoms with Crippen LogP contribution in [0.1, 0.15) is 23.5 Å². The van der Waals surface area contributed by atoms with Crippen LogP contribution in [0.3, 0.4) is 0 Å². The Morgan fingerprint density at radius 2 is 1.87 bits per heavy atom. The van der Waals surface area contributed by atoms with Gasteiger partial charge in [-0.25, -0.2) is 0 Å². The number of amides is 1. The molecule has 1 aliphatic rings. The summed E-state index contributed by atoms with van der Waals surface area (Å²) < 4.78 is 5.35. The number of aromatic nitrogens is 1. The quantitative estimate of drug-likeness (QED) is 0.429. The summed E-state index contributed by atoms with van der Waals surface area (Å²) in [6.07, 6.45) is 1.99. The molecule has 8 heteroatoms. The minimum Gasteiger partial charge on any atom is -0.379 e. The first-order valence-electron chi connectivity index (χ1n) is 10.5. The number of H-pyrrole nitrogens is 1. The van der Waals surface area contributed by atoms with Crippen LogP contribution in [-0.2, 0) is 9.53 Å². The fourth-order valence-corrected chi connectivity index (χ4v) is 4.15. The third-order valence-corrected chi connectivity index (χ3v) is 5.75. The van der Waals surface area contributed by atoms with Crippen LogP contribution in [0.25, 0.3) is 10.9 Å². The summed E-state index contributed by atoms with van der Waals surface area (Å²) in [4.78, 5) is 29.6. The number of benzene rings is 2. The topological polar surface area (TPSA) is 100 Å². The van der Waals surface area contributed by atoms with E-state index in [1.165, 1.54) is 6.07 Å². The maximum atomic E-state index is 12.8. The van der Waals surface area contributed by atoms with Crippen LogP contribution in [0.15, 0.2) is 54.7 Å². The number of rotatable bonds is 8. The lowest BCUT2D eigenvalue weighted by molar-refractivity contribution is -0.385. The van der Waals surface area contributed by atoms with E-state index in [2.05, 4.69) is 15.2 Å². The fraction of sp³-hybridized carbons (Fsp3) is 0.348. The largest absolute Gasteiger partial charge is 0.379 e. The van der Waals surface area contributed by atoms with Gasteiger partial charge in [0.1, 0.15) is 0 Å². The van der Waals surface area contributed by atoms with Crippen molar-refractivity contribution >= 4 is 22.5 Å². The zero-order valence-corrected chi connectivity index (χ0v) is 17.3. The Labute approximate surface area is 180 Å². The second-order valence-corrected chi connectivity index (χ2v) is 7.67. The van der Waals surface area contributed by atoms with Crippen LogP contribution in [0.2, 0.25) is 0 Å². The van der Waals surface area contributed by atoms with Gasteiger partial charge < -0.3 is 15.0 Å². The number of carbonyl (C=O) groups excluding carboxylic acids is 1. The minimum atomic E-state index is -0.430. The second-order valence-electron chi connectivity index (χ2n) is 7.67. The minimum absolute atomic E-state index is 0.0268. The van der Waals surface area contributed by atoms with Crippen LogP contribution >= 0.6 is 0 Å². The van der Waals surface area contributed by atoms with Gasteiger partial charge in [-0.3, -0.25) is 19.8 Å². The van der Waals surface area contributed by atoms with Crippen molar-refractivity contribution in [3.63, 3.8) is 0 Å². The lowest BCUT2D eigenvalue weighted by Gasteiger charge is -2.26. The van der Waals surface area contributed by atoms with Crippen molar-refractivity contribution in [1.82, 2.24) is 15.2 Å². The molecule has 4 rings (SSSR count). The molecule has 1 aromatic heterocycles. The van der Waals surface area contributed by atoms with Gasteiger partial charge in [0, 0.05) is 67.2 Å². The third kappa shape index (κ3) is 4.92. The Morgan fingerprint density at radius 1 is 1.13 bits per heavy atom. The first-order valence-corrected chi connectivity index (χ1v) is 10.5. The highest BCUT2D eigenvalue weighted by molar-refractivity contribution is 5.86. The lowest BCUT2D eigenvalue weighted by atomic mass is 9.87. The van der Waals surface area contributed by atoms with E-state index in [-0.39, 0.29) is 22.9 Å². The number of para-hydroxylation sites is 2. The molecule has 2 N–H and O–H groups in total. The monoisotopic (exact) mass is 422 g/mol. The molecule has 31 heavy (non-hydrogen) atoms. The second kappa shape index (κ2) is 9.72. The SMILES string of the molecule is O=C(CC(c1ccccc1[N+](=O)[O-])c1c[nH]c2ccccc12)NCCN1CCOCC1. The van der Waals surface area contributed by atoms with Gasteiger partial charge in [0.15, 0.2) is 0 Å². The number of carbonyl (C=O) groups is 1. The van der Waals surface area contributed by atoms with Gasteiger partial charge in [0.2, 0.25) is 5.91 Å². The van der Waals surface area contributed by atoms with Gasteiger partial charge in [-0.2, -0.15) is 0 Å². The number of hydrogen-bond acceptors (Lipinski definition) is 5. The molecule has 1 saturated heterocycles. The molecule has 0 bridgehead atoms. The maximum absolute atomic E-state index is 12.8. The van der Waals surface area contributed by atoms with E-state index in [1.54, 1.807) is 18.2 Å². The van der Waals surface area contributed by atoms with Crippen LogP contribution < -0.4 is 5.32 Å². The predicted molar refractivity (Wildman–Crippen MR) is 118 cm³/mol. The van der Waals surface area contributed by atoms with Crippen molar-refractivity contribution in [2.75, 3.05) is 39.4 Å². The molecule has 8 nitrogen and oxygen atoms in total. The number of nitro groups is 1. The predicted octanol–water partition coefficient (Wildman–Crippen LogP) is 3.05. The summed E-state index contributed by atoms with van der Waals surface area (Å²) in [5.74, 6) is -0.553. The zero-order valence-electron chi connectivity index (χ0n) is 17.3. The number of aromatic amines is 1. The first kappa shape index (κ1) is 21.0. The van der Waals surface area contributed by atoms with Gasteiger partial charge >= 0.3 is 0 Å². The molecule has 1 aliphatic heterocycles. The number of fused-ring (bicyclic) bond motifs is 1. The molecule has 0 radical (unpaired) electrons. The number of nitro benzene ring substituents is 1. The average Bonchev–Trinajstić information content (AvgIpc) is 3.22. The molecule has 0 aliphatic carbocycles. The van der Waals surface area contributed by atoms with Gasteiger partial charge in [-0.15, -0.1) is 0 Å². The van der Waals surface area contributed by atoms with Crippen LogP contribution in [0.5, 0.6) is 0 Å². The normalized spacial score (nSPS) is 15.6. The van der Waals surface area contributed by atoms with E-state index in [9.17, 15) is 14.9 Å². The lowest BCUT2D eigenvalue weighted by Crippen LogP contribution is -2.41. The van der Waals surface area contributed by atoms with Crippen molar-refractivity contribution < 1.29 is 14.5 Å². The number of nitrogens with zero attached hydrogens (tertiary/aromatic N) is 2. The zero-order chi connectivity index (χ0) is 21.6.